The zero-order chi connectivity index (χ0) is 12.3. The first-order valence-electron chi connectivity index (χ1n) is 4.35. The van der Waals surface area contributed by atoms with E-state index < -0.39 is 24.8 Å². The van der Waals surface area contributed by atoms with Gasteiger partial charge in [0.05, 0.1) is 16.5 Å². The van der Waals surface area contributed by atoms with Crippen molar-refractivity contribution < 1.29 is 18.0 Å². The summed E-state index contributed by atoms with van der Waals surface area (Å²) in [4.78, 5) is 11.4. The Morgan fingerprint density at radius 3 is 2.44 bits per heavy atom. The Morgan fingerprint density at radius 2 is 1.88 bits per heavy atom. The summed E-state index contributed by atoms with van der Waals surface area (Å²) >= 11 is 11.3. The molecule has 0 unspecified atom stereocenters. The monoisotopic (exact) mass is 270 g/mol. The minimum absolute atomic E-state index is 0.00339. The van der Waals surface area contributed by atoms with Gasteiger partial charge in [-0.3, -0.25) is 4.79 Å². The predicted molar refractivity (Wildman–Crippen MR) is 56.1 cm³/mol. The number of carbonyl (C=O) groups is 1. The zero-order valence-electron chi connectivity index (χ0n) is 7.94. The van der Waals surface area contributed by atoms with Gasteiger partial charge in [-0.15, -0.1) is 0 Å². The van der Waals surface area contributed by atoms with Gasteiger partial charge in [0, 0.05) is 12.0 Å². The molecule has 0 aliphatic rings. The molecular weight excluding hydrogens is 264 g/mol. The van der Waals surface area contributed by atoms with Crippen LogP contribution < -0.4 is 0 Å². The van der Waals surface area contributed by atoms with Gasteiger partial charge in [-0.1, -0.05) is 29.3 Å². The number of ketones is 1. The van der Waals surface area contributed by atoms with Crippen molar-refractivity contribution in [2.75, 3.05) is 0 Å². The third-order valence-electron chi connectivity index (χ3n) is 1.89. The molecule has 6 heteroatoms. The molecule has 0 N–H and O–H groups in total. The lowest BCUT2D eigenvalue weighted by Crippen LogP contribution is -2.11. The van der Waals surface area contributed by atoms with Crippen LogP contribution in [0.25, 0.3) is 0 Å². The van der Waals surface area contributed by atoms with Crippen molar-refractivity contribution >= 4 is 29.0 Å². The van der Waals surface area contributed by atoms with E-state index in [1.165, 1.54) is 18.2 Å². The first-order chi connectivity index (χ1) is 7.31. The Kier molecular flexibility index (Phi) is 4.21. The van der Waals surface area contributed by atoms with Crippen LogP contribution in [0.5, 0.6) is 0 Å². The normalized spacial score (nSPS) is 11.6. The quantitative estimate of drug-likeness (QED) is 0.739. The van der Waals surface area contributed by atoms with Gasteiger partial charge in [-0.05, 0) is 12.1 Å². The van der Waals surface area contributed by atoms with E-state index in [0.29, 0.717) is 0 Å². The predicted octanol–water partition coefficient (Wildman–Crippen LogP) is 4.52. The smallest absolute Gasteiger partial charge is 0.294 e. The van der Waals surface area contributed by atoms with Gasteiger partial charge >= 0.3 is 6.18 Å². The molecule has 0 fully saturated rings. The van der Waals surface area contributed by atoms with E-state index in [0.717, 1.165) is 0 Å². The number of Topliss-reactive ketones (excluding diaryl/α,β-unsaturated/α-hetero) is 1. The first kappa shape index (κ1) is 13.3. The summed E-state index contributed by atoms with van der Waals surface area (Å²) in [5, 5.41) is 0.149. The number of rotatable bonds is 3. The molecule has 0 saturated carbocycles. The van der Waals surface area contributed by atoms with Crippen LogP contribution in [0.3, 0.4) is 0 Å². The van der Waals surface area contributed by atoms with E-state index in [9.17, 15) is 18.0 Å². The topological polar surface area (TPSA) is 17.1 Å². The minimum Gasteiger partial charge on any atom is -0.294 e. The average molecular weight is 271 g/mol. The van der Waals surface area contributed by atoms with E-state index in [4.69, 9.17) is 23.2 Å². The van der Waals surface area contributed by atoms with E-state index >= 15 is 0 Å². The molecule has 1 nitrogen and oxygen atoms in total. The Labute approximate surface area is 100 Å². The largest absolute Gasteiger partial charge is 0.389 e. The molecule has 1 rings (SSSR count). The molecule has 0 atom stereocenters. The molecule has 16 heavy (non-hydrogen) atoms. The molecule has 0 saturated heterocycles. The van der Waals surface area contributed by atoms with Crippen molar-refractivity contribution in [3.8, 4) is 0 Å². The summed E-state index contributed by atoms with van der Waals surface area (Å²) in [6.45, 7) is 0. The van der Waals surface area contributed by atoms with Crippen molar-refractivity contribution in [3.05, 3.63) is 33.8 Å². The number of halogens is 5. The van der Waals surface area contributed by atoms with Gasteiger partial charge < -0.3 is 0 Å². The third-order valence-corrected chi connectivity index (χ3v) is 2.71. The molecule has 1 aromatic carbocycles. The van der Waals surface area contributed by atoms with Crippen LogP contribution in [0.15, 0.2) is 18.2 Å². The van der Waals surface area contributed by atoms with Gasteiger partial charge in [0.1, 0.15) is 0 Å². The fourth-order valence-electron chi connectivity index (χ4n) is 1.11. The first-order valence-corrected chi connectivity index (χ1v) is 5.11. The van der Waals surface area contributed by atoms with E-state index in [1.54, 1.807) is 0 Å². The maximum atomic E-state index is 11.9. The van der Waals surface area contributed by atoms with Crippen LogP contribution in [-0.2, 0) is 0 Å². The van der Waals surface area contributed by atoms with E-state index in [1.807, 2.05) is 0 Å². The fraction of sp³-hybridized carbons (Fsp3) is 0.300. The highest BCUT2D eigenvalue weighted by Gasteiger charge is 2.28. The van der Waals surface area contributed by atoms with Crippen molar-refractivity contribution in [1.29, 1.82) is 0 Å². The van der Waals surface area contributed by atoms with Crippen LogP contribution in [0.2, 0.25) is 10.0 Å². The lowest BCUT2D eigenvalue weighted by Gasteiger charge is -2.07. The van der Waals surface area contributed by atoms with Crippen molar-refractivity contribution in [2.24, 2.45) is 0 Å². The second kappa shape index (κ2) is 5.06. The van der Waals surface area contributed by atoms with Gasteiger partial charge in [-0.2, -0.15) is 13.2 Å². The molecule has 0 aromatic heterocycles. The highest BCUT2D eigenvalue weighted by atomic mass is 35.5. The highest BCUT2D eigenvalue weighted by Crippen LogP contribution is 2.28. The summed E-state index contributed by atoms with van der Waals surface area (Å²) in [5.74, 6) is -0.662. The Hall–Kier alpha value is -0.740. The third kappa shape index (κ3) is 3.68. The standard InChI is InChI=1S/C10H7Cl2F3O/c11-7-3-1-2-6(9(7)12)8(16)4-5-10(13,14)15/h1-3H,4-5H2. The van der Waals surface area contributed by atoms with Crippen LogP contribution in [0.4, 0.5) is 13.2 Å². The van der Waals surface area contributed by atoms with Crippen LogP contribution in [0.1, 0.15) is 23.2 Å². The average Bonchev–Trinajstić information content (AvgIpc) is 2.17. The van der Waals surface area contributed by atoms with Crippen molar-refractivity contribution in [2.45, 2.75) is 19.0 Å². The van der Waals surface area contributed by atoms with Crippen LogP contribution in [0, 0.1) is 0 Å². The maximum Gasteiger partial charge on any atom is 0.389 e. The van der Waals surface area contributed by atoms with E-state index in [2.05, 4.69) is 0 Å². The number of hydrogen-bond donors (Lipinski definition) is 0. The van der Waals surface area contributed by atoms with Gasteiger partial charge in [0.2, 0.25) is 0 Å². The maximum absolute atomic E-state index is 11.9. The van der Waals surface area contributed by atoms with Gasteiger partial charge in [0.25, 0.3) is 0 Å². The number of hydrogen-bond acceptors (Lipinski definition) is 1. The Morgan fingerprint density at radius 1 is 1.25 bits per heavy atom. The summed E-state index contributed by atoms with van der Waals surface area (Å²) in [7, 11) is 0. The SMILES string of the molecule is O=C(CCC(F)(F)F)c1cccc(Cl)c1Cl. The molecule has 88 valence electrons. The minimum atomic E-state index is -4.35. The summed E-state index contributed by atoms with van der Waals surface area (Å²) in [5.41, 5.74) is 0.0263. The highest BCUT2D eigenvalue weighted by molar-refractivity contribution is 6.43. The molecular formula is C10H7Cl2F3O. The molecule has 0 aliphatic heterocycles. The molecule has 1 aromatic rings. The molecule has 0 heterocycles. The van der Waals surface area contributed by atoms with Crippen molar-refractivity contribution in [3.63, 3.8) is 0 Å². The number of benzene rings is 1. The Bertz CT molecular complexity index is 402. The number of alkyl halides is 3. The van der Waals surface area contributed by atoms with Gasteiger partial charge in [0.15, 0.2) is 5.78 Å². The molecule has 0 bridgehead atoms. The van der Waals surface area contributed by atoms with E-state index in [-0.39, 0.29) is 15.6 Å². The van der Waals surface area contributed by atoms with Crippen LogP contribution in [-0.4, -0.2) is 12.0 Å². The molecule has 0 amide bonds. The second-order valence-electron chi connectivity index (χ2n) is 3.14. The number of carbonyl (C=O) groups excluding carboxylic acids is 1. The van der Waals surface area contributed by atoms with Crippen molar-refractivity contribution in [1.82, 2.24) is 0 Å². The summed E-state index contributed by atoms with van der Waals surface area (Å²) in [6, 6.07) is 4.28. The fourth-order valence-corrected chi connectivity index (χ4v) is 1.52. The Balaban J connectivity index is 2.78. The lowest BCUT2D eigenvalue weighted by atomic mass is 10.1. The summed E-state index contributed by atoms with van der Waals surface area (Å²) in [6.07, 6.45) is -6.13. The second-order valence-corrected chi connectivity index (χ2v) is 3.92. The summed E-state index contributed by atoms with van der Waals surface area (Å²) < 4.78 is 35.7. The molecule has 0 radical (unpaired) electrons. The van der Waals surface area contributed by atoms with Crippen LogP contribution >= 0.6 is 23.2 Å². The zero-order valence-corrected chi connectivity index (χ0v) is 9.46. The lowest BCUT2D eigenvalue weighted by molar-refractivity contribution is -0.133. The van der Waals surface area contributed by atoms with Gasteiger partial charge in [-0.25, -0.2) is 0 Å². The molecule has 0 spiro atoms. The molecule has 0 aliphatic carbocycles.